The Kier molecular flexibility index (Phi) is 6.60. The molecule has 1 aliphatic heterocycles. The quantitative estimate of drug-likeness (QED) is 0.761. The number of rotatable bonds is 7. The summed E-state index contributed by atoms with van der Waals surface area (Å²) in [6.45, 7) is 8.94. The highest BCUT2D eigenvalue weighted by atomic mass is 32.2. The zero-order chi connectivity index (χ0) is 13.6. The van der Waals surface area contributed by atoms with Crippen molar-refractivity contribution >= 4 is 9.84 Å². The lowest BCUT2D eigenvalue weighted by Crippen LogP contribution is -2.56. The largest absolute Gasteiger partial charge is 0.311 e. The van der Waals surface area contributed by atoms with Gasteiger partial charge in [0.25, 0.3) is 0 Å². The predicted octanol–water partition coefficient (Wildman–Crippen LogP) is 1.27. The molecule has 108 valence electrons. The van der Waals surface area contributed by atoms with Crippen LogP contribution >= 0.6 is 0 Å². The predicted molar refractivity (Wildman–Crippen MR) is 76.7 cm³/mol. The molecular weight excluding hydrogens is 248 g/mol. The Hall–Kier alpha value is -0.130. The third-order valence-electron chi connectivity index (χ3n) is 3.78. The lowest BCUT2D eigenvalue weighted by Gasteiger charge is -2.39. The highest BCUT2D eigenvalue weighted by Crippen LogP contribution is 2.12. The van der Waals surface area contributed by atoms with E-state index in [1.807, 2.05) is 6.92 Å². The smallest absolute Gasteiger partial charge is 0.151 e. The van der Waals surface area contributed by atoms with Crippen LogP contribution < -0.4 is 5.32 Å². The van der Waals surface area contributed by atoms with Crippen LogP contribution in [0, 0.1) is 0 Å². The van der Waals surface area contributed by atoms with E-state index in [1.54, 1.807) is 0 Å². The van der Waals surface area contributed by atoms with Gasteiger partial charge < -0.3 is 5.32 Å². The van der Waals surface area contributed by atoms with Gasteiger partial charge in [0.2, 0.25) is 0 Å². The maximum Gasteiger partial charge on any atom is 0.151 e. The summed E-state index contributed by atoms with van der Waals surface area (Å²) >= 11 is 0. The summed E-state index contributed by atoms with van der Waals surface area (Å²) < 4.78 is 23.6. The Morgan fingerprint density at radius 1 is 1.17 bits per heavy atom. The van der Waals surface area contributed by atoms with E-state index in [0.29, 0.717) is 30.1 Å². The first-order valence-electron chi connectivity index (χ1n) is 7.20. The van der Waals surface area contributed by atoms with Crippen LogP contribution in [0.15, 0.2) is 0 Å². The number of nitrogens with zero attached hydrogens (tertiary/aromatic N) is 1. The van der Waals surface area contributed by atoms with E-state index in [9.17, 15) is 8.42 Å². The van der Waals surface area contributed by atoms with Crippen molar-refractivity contribution in [2.45, 2.75) is 52.1 Å². The van der Waals surface area contributed by atoms with Crippen molar-refractivity contribution in [2.75, 3.05) is 31.1 Å². The fourth-order valence-electron chi connectivity index (χ4n) is 2.55. The minimum Gasteiger partial charge on any atom is -0.311 e. The monoisotopic (exact) mass is 276 g/mol. The summed E-state index contributed by atoms with van der Waals surface area (Å²) in [5.41, 5.74) is 0. The first kappa shape index (κ1) is 15.9. The Balaban J connectivity index is 2.51. The lowest BCUT2D eigenvalue weighted by atomic mass is 10.1. The minimum atomic E-state index is -2.85. The molecule has 0 radical (unpaired) electrons. The minimum absolute atomic E-state index is 0.313. The van der Waals surface area contributed by atoms with Gasteiger partial charge in [-0.15, -0.1) is 0 Å². The summed E-state index contributed by atoms with van der Waals surface area (Å²) in [4.78, 5) is 2.36. The number of piperazine rings is 1. The van der Waals surface area contributed by atoms with Crippen LogP contribution in [-0.2, 0) is 9.84 Å². The Morgan fingerprint density at radius 2 is 1.89 bits per heavy atom. The summed E-state index contributed by atoms with van der Waals surface area (Å²) in [5.74, 6) is 0.640. The molecule has 0 aromatic rings. The molecule has 1 heterocycles. The molecule has 0 spiro atoms. The van der Waals surface area contributed by atoms with E-state index in [-0.39, 0.29) is 0 Å². The van der Waals surface area contributed by atoms with Crippen LogP contribution in [0.25, 0.3) is 0 Å². The molecule has 4 nitrogen and oxygen atoms in total. The molecule has 0 aliphatic carbocycles. The molecular formula is C13H28N2O2S. The van der Waals surface area contributed by atoms with Crippen molar-refractivity contribution in [3.8, 4) is 0 Å². The molecule has 0 aromatic carbocycles. The molecule has 1 rings (SSSR count). The van der Waals surface area contributed by atoms with Crippen LogP contribution in [0.5, 0.6) is 0 Å². The van der Waals surface area contributed by atoms with E-state index in [4.69, 9.17) is 0 Å². The van der Waals surface area contributed by atoms with Crippen molar-refractivity contribution in [3.63, 3.8) is 0 Å². The Bertz CT molecular complexity index is 330. The van der Waals surface area contributed by atoms with Crippen LogP contribution in [0.2, 0.25) is 0 Å². The van der Waals surface area contributed by atoms with Crippen molar-refractivity contribution < 1.29 is 8.42 Å². The molecule has 18 heavy (non-hydrogen) atoms. The van der Waals surface area contributed by atoms with Crippen molar-refractivity contribution in [1.82, 2.24) is 10.2 Å². The molecule has 0 saturated carbocycles. The molecule has 5 heteroatoms. The van der Waals surface area contributed by atoms with Gasteiger partial charge in [-0.3, -0.25) is 4.90 Å². The van der Waals surface area contributed by atoms with E-state index >= 15 is 0 Å². The summed E-state index contributed by atoms with van der Waals surface area (Å²) in [6, 6.07) is 1.01. The van der Waals surface area contributed by atoms with E-state index in [1.165, 1.54) is 0 Å². The standard InChI is InChI=1S/C13H28N2O2S/c1-4-8-18(16,17)9-7-15-11-12(5-2)14-10-13(15)6-3/h12-14H,4-11H2,1-3H3. The molecule has 0 bridgehead atoms. The highest BCUT2D eigenvalue weighted by molar-refractivity contribution is 7.91. The number of sulfone groups is 1. The van der Waals surface area contributed by atoms with E-state index in [2.05, 4.69) is 24.1 Å². The van der Waals surface area contributed by atoms with Gasteiger partial charge in [-0.2, -0.15) is 0 Å². The second-order valence-corrected chi connectivity index (χ2v) is 7.53. The number of hydrogen-bond donors (Lipinski definition) is 1. The van der Waals surface area contributed by atoms with E-state index < -0.39 is 9.84 Å². The van der Waals surface area contributed by atoms with Gasteiger partial charge >= 0.3 is 0 Å². The molecule has 1 saturated heterocycles. The second-order valence-electron chi connectivity index (χ2n) is 5.22. The number of nitrogens with one attached hydrogen (secondary N) is 1. The van der Waals surface area contributed by atoms with Gasteiger partial charge in [0.05, 0.1) is 5.75 Å². The lowest BCUT2D eigenvalue weighted by molar-refractivity contribution is 0.132. The maximum absolute atomic E-state index is 11.8. The fourth-order valence-corrected chi connectivity index (χ4v) is 3.89. The molecule has 0 aromatic heterocycles. The zero-order valence-corrected chi connectivity index (χ0v) is 12.8. The molecule has 0 amide bonds. The van der Waals surface area contributed by atoms with Gasteiger partial charge in [0.1, 0.15) is 0 Å². The van der Waals surface area contributed by atoms with Crippen molar-refractivity contribution in [1.29, 1.82) is 0 Å². The average molecular weight is 276 g/mol. The van der Waals surface area contributed by atoms with Gasteiger partial charge in [-0.05, 0) is 19.3 Å². The Morgan fingerprint density at radius 3 is 2.44 bits per heavy atom. The van der Waals surface area contributed by atoms with E-state index in [0.717, 1.165) is 32.4 Å². The van der Waals surface area contributed by atoms with Crippen LogP contribution in [-0.4, -0.2) is 56.5 Å². The SMILES string of the molecule is CCCS(=O)(=O)CCN1CC(CC)NCC1CC. The van der Waals surface area contributed by atoms with Crippen molar-refractivity contribution in [3.05, 3.63) is 0 Å². The second kappa shape index (κ2) is 7.46. The first-order chi connectivity index (χ1) is 8.52. The average Bonchev–Trinajstić information content (AvgIpc) is 2.36. The van der Waals surface area contributed by atoms with Gasteiger partial charge in [-0.1, -0.05) is 20.8 Å². The van der Waals surface area contributed by atoms with Crippen LogP contribution in [0.4, 0.5) is 0 Å². The summed E-state index contributed by atoms with van der Waals surface area (Å²) in [7, 11) is -2.85. The van der Waals surface area contributed by atoms with Crippen LogP contribution in [0.1, 0.15) is 40.0 Å². The summed E-state index contributed by atoms with van der Waals surface area (Å²) in [5, 5.41) is 3.53. The van der Waals surface area contributed by atoms with Gasteiger partial charge in [0.15, 0.2) is 9.84 Å². The Labute approximate surface area is 112 Å². The number of hydrogen-bond acceptors (Lipinski definition) is 4. The van der Waals surface area contributed by atoms with Gasteiger partial charge in [0, 0.05) is 37.5 Å². The maximum atomic E-state index is 11.8. The molecule has 1 N–H and O–H groups in total. The molecule has 2 atom stereocenters. The fraction of sp³-hybridized carbons (Fsp3) is 1.00. The molecule has 1 fully saturated rings. The highest BCUT2D eigenvalue weighted by Gasteiger charge is 2.26. The molecule has 1 aliphatic rings. The first-order valence-corrected chi connectivity index (χ1v) is 9.02. The normalized spacial score (nSPS) is 26.4. The van der Waals surface area contributed by atoms with Gasteiger partial charge in [-0.25, -0.2) is 8.42 Å². The zero-order valence-electron chi connectivity index (χ0n) is 12.0. The third-order valence-corrected chi connectivity index (χ3v) is 5.62. The van der Waals surface area contributed by atoms with Crippen LogP contribution in [0.3, 0.4) is 0 Å². The molecule has 2 unspecified atom stereocenters. The summed E-state index contributed by atoms with van der Waals surface area (Å²) in [6.07, 6.45) is 2.91. The van der Waals surface area contributed by atoms with Crippen molar-refractivity contribution in [2.24, 2.45) is 0 Å². The topological polar surface area (TPSA) is 49.4 Å². The third kappa shape index (κ3) is 4.86.